The van der Waals surface area contributed by atoms with Gasteiger partial charge in [-0.3, -0.25) is 4.40 Å². The van der Waals surface area contributed by atoms with Gasteiger partial charge in [-0.1, -0.05) is 194 Å². The molecule has 11 aromatic rings. The Morgan fingerprint density at radius 3 is 1.54 bits per heavy atom. The summed E-state index contributed by atoms with van der Waals surface area (Å²) >= 11 is 0. The summed E-state index contributed by atoms with van der Waals surface area (Å²) in [5.74, 6) is 2.18. The van der Waals surface area contributed by atoms with E-state index in [1.807, 2.05) is 12.1 Å². The molecule has 11 rings (SSSR count). The maximum atomic E-state index is 5.32. The van der Waals surface area contributed by atoms with Gasteiger partial charge in [0.15, 0.2) is 11.6 Å². The summed E-state index contributed by atoms with van der Waals surface area (Å²) in [6, 6.07) is 69.6. The van der Waals surface area contributed by atoms with Gasteiger partial charge in [0, 0.05) is 38.6 Å². The van der Waals surface area contributed by atoms with E-state index in [1.165, 1.54) is 5.39 Å². The van der Waals surface area contributed by atoms with Crippen molar-refractivity contribution in [1.82, 2.24) is 24.3 Å². The summed E-state index contributed by atoms with van der Waals surface area (Å²) in [7, 11) is 0. The van der Waals surface area contributed by atoms with Gasteiger partial charge in [-0.2, -0.15) is 0 Å². The monoisotopic (exact) mass is 727 g/mol. The van der Waals surface area contributed by atoms with Gasteiger partial charge in [0.05, 0.1) is 17.1 Å². The highest BCUT2D eigenvalue weighted by Crippen LogP contribution is 2.38. The molecule has 0 amide bonds. The Labute approximate surface area is 329 Å². The number of rotatable bonds is 6. The third-order valence-corrected chi connectivity index (χ3v) is 10.8. The van der Waals surface area contributed by atoms with Crippen molar-refractivity contribution in [3.63, 3.8) is 0 Å². The third-order valence-electron chi connectivity index (χ3n) is 10.8. The van der Waals surface area contributed by atoms with E-state index in [0.717, 1.165) is 88.9 Å². The SMILES string of the molecule is c1ccc(-c2nc(-c3ccc(-c4cc(-c5cccc6ccccc56)nc(-c5cccc6ccccc56)n4)cc3)nc3c4ccccc4c(-c4ccccc4)n23)cc1. The van der Waals surface area contributed by atoms with Crippen LogP contribution >= 0.6 is 0 Å². The molecule has 3 aromatic heterocycles. The van der Waals surface area contributed by atoms with Gasteiger partial charge in [-0.05, 0) is 33.2 Å². The first kappa shape index (κ1) is 32.7. The van der Waals surface area contributed by atoms with Gasteiger partial charge in [0.1, 0.15) is 11.5 Å². The molecule has 8 aromatic carbocycles. The fourth-order valence-electron chi connectivity index (χ4n) is 8.13. The fraction of sp³-hybridized carbons (Fsp3) is 0. The minimum atomic E-state index is 0.659. The van der Waals surface area contributed by atoms with Crippen molar-refractivity contribution in [2.24, 2.45) is 0 Å². The second kappa shape index (κ2) is 13.5. The molecule has 0 saturated heterocycles. The van der Waals surface area contributed by atoms with Crippen molar-refractivity contribution in [2.45, 2.75) is 0 Å². The predicted octanol–water partition coefficient (Wildman–Crippen LogP) is 13.0. The van der Waals surface area contributed by atoms with Crippen LogP contribution in [0.25, 0.3) is 106 Å². The summed E-state index contributed by atoms with van der Waals surface area (Å²) in [4.78, 5) is 21.1. The van der Waals surface area contributed by atoms with E-state index >= 15 is 0 Å². The lowest BCUT2D eigenvalue weighted by atomic mass is 9.99. The average molecular weight is 728 g/mol. The van der Waals surface area contributed by atoms with E-state index in [-0.39, 0.29) is 0 Å². The fourth-order valence-corrected chi connectivity index (χ4v) is 8.13. The molecule has 0 fully saturated rings. The van der Waals surface area contributed by atoms with Crippen LogP contribution < -0.4 is 0 Å². The molecule has 57 heavy (non-hydrogen) atoms. The highest BCUT2D eigenvalue weighted by atomic mass is 15.1. The van der Waals surface area contributed by atoms with E-state index in [0.29, 0.717) is 11.6 Å². The topological polar surface area (TPSA) is 56.0 Å². The van der Waals surface area contributed by atoms with Crippen LogP contribution in [0.2, 0.25) is 0 Å². The van der Waals surface area contributed by atoms with Gasteiger partial charge >= 0.3 is 0 Å². The molecule has 0 atom stereocenters. The van der Waals surface area contributed by atoms with Crippen molar-refractivity contribution in [1.29, 1.82) is 0 Å². The third kappa shape index (κ3) is 5.64. The Morgan fingerprint density at radius 1 is 0.316 bits per heavy atom. The maximum Gasteiger partial charge on any atom is 0.163 e. The quantitative estimate of drug-likeness (QED) is 0.171. The zero-order valence-electron chi connectivity index (χ0n) is 30.8. The van der Waals surface area contributed by atoms with Gasteiger partial charge < -0.3 is 0 Å². The van der Waals surface area contributed by atoms with E-state index in [2.05, 4.69) is 192 Å². The summed E-state index contributed by atoms with van der Waals surface area (Å²) in [6.07, 6.45) is 0. The van der Waals surface area contributed by atoms with E-state index < -0.39 is 0 Å². The van der Waals surface area contributed by atoms with E-state index in [4.69, 9.17) is 19.9 Å². The van der Waals surface area contributed by atoms with Crippen LogP contribution in [0, 0.1) is 0 Å². The normalized spacial score (nSPS) is 11.5. The number of hydrogen-bond donors (Lipinski definition) is 0. The number of fused-ring (bicyclic) bond motifs is 5. The van der Waals surface area contributed by atoms with Gasteiger partial charge in [-0.25, -0.2) is 19.9 Å². The first-order chi connectivity index (χ1) is 28.3. The standard InChI is InChI=1S/C52H33N5/c1-3-17-37(18-4-1)48-43-25-11-12-26-45(43)52-56-49(55-51(57(48)52)39-19-5-2-6-20-39)38-31-29-36(30-32-38)46-33-47(42-27-13-21-34-15-7-9-23-40(34)42)54-50(53-46)44-28-14-22-35-16-8-10-24-41(35)44/h1-33H. The lowest BCUT2D eigenvalue weighted by Gasteiger charge is -2.13. The highest BCUT2D eigenvalue weighted by Gasteiger charge is 2.21. The molecule has 0 aliphatic carbocycles. The minimum absolute atomic E-state index is 0.659. The van der Waals surface area contributed by atoms with Crippen molar-refractivity contribution in [3.8, 4) is 67.9 Å². The van der Waals surface area contributed by atoms with E-state index in [9.17, 15) is 0 Å². The number of nitrogens with zero attached hydrogens (tertiary/aromatic N) is 5. The molecule has 0 spiro atoms. The average Bonchev–Trinajstić information content (AvgIpc) is 3.63. The van der Waals surface area contributed by atoms with Crippen LogP contribution in [-0.2, 0) is 0 Å². The number of aromatic nitrogens is 5. The highest BCUT2D eigenvalue weighted by molar-refractivity contribution is 6.06. The predicted molar refractivity (Wildman–Crippen MR) is 234 cm³/mol. The molecular formula is C52H33N5. The van der Waals surface area contributed by atoms with Crippen molar-refractivity contribution < 1.29 is 0 Å². The lowest BCUT2D eigenvalue weighted by molar-refractivity contribution is 1.05. The Bertz CT molecular complexity index is 3170. The van der Waals surface area contributed by atoms with Crippen molar-refractivity contribution in [3.05, 3.63) is 200 Å². The molecule has 3 heterocycles. The zero-order chi connectivity index (χ0) is 37.7. The first-order valence-electron chi connectivity index (χ1n) is 19.1. The minimum Gasteiger partial charge on any atom is -0.277 e. The maximum absolute atomic E-state index is 5.32. The molecule has 0 radical (unpaired) electrons. The van der Waals surface area contributed by atoms with Crippen LogP contribution in [0.4, 0.5) is 0 Å². The lowest BCUT2D eigenvalue weighted by Crippen LogP contribution is -2.03. The van der Waals surface area contributed by atoms with Crippen molar-refractivity contribution >= 4 is 38.0 Å². The largest absolute Gasteiger partial charge is 0.277 e. The van der Waals surface area contributed by atoms with Gasteiger partial charge in [-0.15, -0.1) is 0 Å². The summed E-state index contributed by atoms with van der Waals surface area (Å²) < 4.78 is 2.22. The molecule has 0 saturated carbocycles. The Hall–Kier alpha value is -7.76. The first-order valence-corrected chi connectivity index (χ1v) is 19.1. The summed E-state index contributed by atoms with van der Waals surface area (Å²) in [6.45, 7) is 0. The van der Waals surface area contributed by atoms with Crippen molar-refractivity contribution in [2.75, 3.05) is 0 Å². The van der Waals surface area contributed by atoms with Gasteiger partial charge in [0.2, 0.25) is 0 Å². The molecule has 5 heteroatoms. The van der Waals surface area contributed by atoms with Gasteiger partial charge in [0.25, 0.3) is 0 Å². The smallest absolute Gasteiger partial charge is 0.163 e. The molecule has 0 aliphatic rings. The Kier molecular flexibility index (Phi) is 7.74. The summed E-state index contributed by atoms with van der Waals surface area (Å²) in [5, 5.41) is 6.81. The molecule has 0 bridgehead atoms. The Balaban J connectivity index is 1.09. The number of hydrogen-bond acceptors (Lipinski definition) is 4. The van der Waals surface area contributed by atoms with Crippen LogP contribution in [0.15, 0.2) is 200 Å². The molecule has 5 nitrogen and oxygen atoms in total. The zero-order valence-corrected chi connectivity index (χ0v) is 30.8. The molecular weight excluding hydrogens is 695 g/mol. The number of benzene rings is 8. The second-order valence-corrected chi connectivity index (χ2v) is 14.2. The summed E-state index contributed by atoms with van der Waals surface area (Å²) in [5.41, 5.74) is 9.76. The molecule has 0 aliphatic heterocycles. The van der Waals surface area contributed by atoms with Crippen LogP contribution in [0.1, 0.15) is 0 Å². The Morgan fingerprint density at radius 2 is 0.842 bits per heavy atom. The second-order valence-electron chi connectivity index (χ2n) is 14.2. The molecule has 0 N–H and O–H groups in total. The molecule has 266 valence electrons. The van der Waals surface area contributed by atoms with E-state index in [1.54, 1.807) is 0 Å². The molecule has 0 unspecified atom stereocenters. The van der Waals surface area contributed by atoms with Crippen LogP contribution in [-0.4, -0.2) is 24.3 Å². The van der Waals surface area contributed by atoms with Crippen LogP contribution in [0.3, 0.4) is 0 Å². The van der Waals surface area contributed by atoms with Crippen LogP contribution in [0.5, 0.6) is 0 Å².